The van der Waals surface area contributed by atoms with Crippen molar-refractivity contribution in [1.29, 1.82) is 0 Å². The molecule has 0 aliphatic carbocycles. The summed E-state index contributed by atoms with van der Waals surface area (Å²) in [7, 11) is 1.93. The zero-order chi connectivity index (χ0) is 15.8. The van der Waals surface area contributed by atoms with Gasteiger partial charge in [-0.2, -0.15) is 0 Å². The summed E-state index contributed by atoms with van der Waals surface area (Å²) in [5.74, 6) is 0. The Morgan fingerprint density at radius 1 is 1.09 bits per heavy atom. The van der Waals surface area contributed by atoms with Crippen molar-refractivity contribution in [3.8, 4) is 0 Å². The molecular formula is C19H23N3O. The molecule has 2 aromatic carbocycles. The maximum atomic E-state index is 12.7. The van der Waals surface area contributed by atoms with E-state index in [9.17, 15) is 4.79 Å². The third-order valence-corrected chi connectivity index (χ3v) is 5.35. The number of fused-ring (bicyclic) bond motifs is 3. The van der Waals surface area contributed by atoms with Gasteiger partial charge in [-0.25, -0.2) is 4.79 Å². The molecule has 0 saturated carbocycles. The standard InChI is InChI=1S/C19H23N3O/c1-22(16-11-14-9-10-15(12-16)20-14)19(23)21-18-8-4-6-13-5-2-3-7-17(13)18/h2-8,14-16,20H,9-12H2,1H3,(H,21,23). The molecule has 2 bridgehead atoms. The molecule has 4 heteroatoms. The summed E-state index contributed by atoms with van der Waals surface area (Å²) in [6, 6.07) is 15.7. The highest BCUT2D eigenvalue weighted by Crippen LogP contribution is 2.30. The number of nitrogens with one attached hydrogen (secondary N) is 2. The van der Waals surface area contributed by atoms with E-state index in [-0.39, 0.29) is 6.03 Å². The van der Waals surface area contributed by atoms with Crippen LogP contribution in [0.4, 0.5) is 10.5 Å². The predicted octanol–water partition coefficient (Wildman–Crippen LogP) is 3.59. The Morgan fingerprint density at radius 2 is 1.78 bits per heavy atom. The van der Waals surface area contributed by atoms with E-state index in [0.29, 0.717) is 18.1 Å². The first-order valence-corrected chi connectivity index (χ1v) is 8.48. The number of urea groups is 1. The van der Waals surface area contributed by atoms with Gasteiger partial charge >= 0.3 is 6.03 Å². The first-order chi connectivity index (χ1) is 11.2. The minimum Gasteiger partial charge on any atom is -0.324 e. The number of rotatable bonds is 2. The van der Waals surface area contributed by atoms with Crippen LogP contribution in [0.25, 0.3) is 10.8 Å². The first-order valence-electron chi connectivity index (χ1n) is 8.48. The van der Waals surface area contributed by atoms with E-state index >= 15 is 0 Å². The van der Waals surface area contributed by atoms with Gasteiger partial charge in [0.2, 0.25) is 0 Å². The van der Waals surface area contributed by atoms with Crippen LogP contribution in [0.3, 0.4) is 0 Å². The van der Waals surface area contributed by atoms with Crippen LogP contribution < -0.4 is 10.6 Å². The number of hydrogen-bond acceptors (Lipinski definition) is 2. The quantitative estimate of drug-likeness (QED) is 0.890. The summed E-state index contributed by atoms with van der Waals surface area (Å²) < 4.78 is 0. The maximum Gasteiger partial charge on any atom is 0.321 e. The number of carbonyl (C=O) groups excluding carboxylic acids is 1. The van der Waals surface area contributed by atoms with Gasteiger partial charge in [-0.05, 0) is 37.1 Å². The van der Waals surface area contributed by atoms with Crippen LogP contribution in [0.5, 0.6) is 0 Å². The summed E-state index contributed by atoms with van der Waals surface area (Å²) in [4.78, 5) is 14.6. The Balaban J connectivity index is 1.50. The molecule has 120 valence electrons. The van der Waals surface area contributed by atoms with E-state index in [2.05, 4.69) is 28.8 Å². The average Bonchev–Trinajstić information content (AvgIpc) is 2.92. The maximum absolute atomic E-state index is 12.7. The predicted molar refractivity (Wildman–Crippen MR) is 93.7 cm³/mol. The van der Waals surface area contributed by atoms with E-state index in [1.165, 1.54) is 12.8 Å². The fraction of sp³-hybridized carbons (Fsp3) is 0.421. The Hall–Kier alpha value is -2.07. The third kappa shape index (κ3) is 2.79. The molecule has 23 heavy (non-hydrogen) atoms. The lowest BCUT2D eigenvalue weighted by Gasteiger charge is -2.35. The molecule has 4 nitrogen and oxygen atoms in total. The van der Waals surface area contributed by atoms with Gasteiger partial charge in [0, 0.05) is 30.6 Å². The van der Waals surface area contributed by atoms with Crippen LogP contribution in [0.15, 0.2) is 42.5 Å². The van der Waals surface area contributed by atoms with E-state index in [0.717, 1.165) is 29.3 Å². The summed E-state index contributed by atoms with van der Waals surface area (Å²) in [5.41, 5.74) is 0.886. The molecule has 2 unspecified atom stereocenters. The lowest BCUT2D eigenvalue weighted by atomic mass is 9.99. The number of nitrogens with zero attached hydrogens (tertiary/aromatic N) is 1. The minimum atomic E-state index is -0.00680. The molecule has 2 aliphatic rings. The highest BCUT2D eigenvalue weighted by molar-refractivity contribution is 6.01. The van der Waals surface area contributed by atoms with Gasteiger partial charge in [-0.1, -0.05) is 36.4 Å². The summed E-state index contributed by atoms with van der Waals surface area (Å²) in [6.07, 6.45) is 4.63. The molecule has 2 atom stereocenters. The Bertz CT molecular complexity index is 712. The van der Waals surface area contributed by atoms with Crippen LogP contribution >= 0.6 is 0 Å². The summed E-state index contributed by atoms with van der Waals surface area (Å²) in [6.45, 7) is 0. The molecule has 2 N–H and O–H groups in total. The van der Waals surface area contributed by atoms with Crippen molar-refractivity contribution in [1.82, 2.24) is 10.2 Å². The van der Waals surface area contributed by atoms with Crippen LogP contribution in [-0.2, 0) is 0 Å². The molecule has 2 saturated heterocycles. The van der Waals surface area contributed by atoms with E-state index in [1.54, 1.807) is 0 Å². The van der Waals surface area contributed by atoms with Gasteiger partial charge in [0.15, 0.2) is 0 Å². The monoisotopic (exact) mass is 309 g/mol. The van der Waals surface area contributed by atoms with Crippen molar-refractivity contribution in [2.24, 2.45) is 0 Å². The number of hydrogen-bond donors (Lipinski definition) is 2. The molecule has 2 aliphatic heterocycles. The zero-order valence-corrected chi connectivity index (χ0v) is 13.5. The van der Waals surface area contributed by atoms with E-state index in [4.69, 9.17) is 0 Å². The zero-order valence-electron chi connectivity index (χ0n) is 13.5. The Kier molecular flexibility index (Phi) is 3.69. The van der Waals surface area contributed by atoms with Gasteiger partial charge in [0.05, 0.1) is 5.69 Å². The van der Waals surface area contributed by atoms with E-state index in [1.807, 2.05) is 36.2 Å². The second-order valence-electron chi connectivity index (χ2n) is 6.83. The molecule has 0 radical (unpaired) electrons. The largest absolute Gasteiger partial charge is 0.324 e. The second-order valence-corrected chi connectivity index (χ2v) is 6.83. The molecule has 2 fully saturated rings. The molecular weight excluding hydrogens is 286 g/mol. The number of carbonyl (C=O) groups is 1. The molecule has 0 aromatic heterocycles. The SMILES string of the molecule is CN(C(=O)Nc1cccc2ccccc12)C1CC2CCC(C1)N2. The normalized spacial score (nSPS) is 26.2. The minimum absolute atomic E-state index is 0.00680. The van der Waals surface area contributed by atoms with Gasteiger partial charge in [0.25, 0.3) is 0 Å². The first kappa shape index (κ1) is 14.5. The van der Waals surface area contributed by atoms with Crippen molar-refractivity contribution < 1.29 is 4.79 Å². The fourth-order valence-electron chi connectivity index (χ4n) is 4.05. The van der Waals surface area contributed by atoms with Gasteiger partial charge in [-0.3, -0.25) is 0 Å². The van der Waals surface area contributed by atoms with Gasteiger partial charge in [-0.15, -0.1) is 0 Å². The second kappa shape index (κ2) is 5.85. The fourth-order valence-corrected chi connectivity index (χ4v) is 4.05. The molecule has 0 spiro atoms. The van der Waals surface area contributed by atoms with Crippen molar-refractivity contribution >= 4 is 22.5 Å². The highest BCUT2D eigenvalue weighted by Gasteiger charge is 2.36. The lowest BCUT2D eigenvalue weighted by molar-refractivity contribution is 0.176. The van der Waals surface area contributed by atoms with Crippen molar-refractivity contribution in [3.63, 3.8) is 0 Å². The van der Waals surface area contributed by atoms with Crippen LogP contribution in [0, 0.1) is 0 Å². The Labute approximate surface area is 136 Å². The molecule has 2 amide bonds. The number of benzene rings is 2. The number of amides is 2. The van der Waals surface area contributed by atoms with Crippen LogP contribution in [0.1, 0.15) is 25.7 Å². The van der Waals surface area contributed by atoms with Crippen molar-refractivity contribution in [2.45, 2.75) is 43.8 Å². The Morgan fingerprint density at radius 3 is 2.57 bits per heavy atom. The van der Waals surface area contributed by atoms with Crippen molar-refractivity contribution in [3.05, 3.63) is 42.5 Å². The van der Waals surface area contributed by atoms with Crippen LogP contribution in [0.2, 0.25) is 0 Å². The number of anilines is 1. The average molecular weight is 309 g/mol. The van der Waals surface area contributed by atoms with Crippen LogP contribution in [-0.4, -0.2) is 36.1 Å². The third-order valence-electron chi connectivity index (χ3n) is 5.35. The van der Waals surface area contributed by atoms with Crippen molar-refractivity contribution in [2.75, 3.05) is 12.4 Å². The van der Waals surface area contributed by atoms with Gasteiger partial charge < -0.3 is 15.5 Å². The number of piperidine rings is 1. The molecule has 2 aromatic rings. The summed E-state index contributed by atoms with van der Waals surface area (Å²) in [5, 5.41) is 8.96. The van der Waals surface area contributed by atoms with E-state index < -0.39 is 0 Å². The molecule has 4 rings (SSSR count). The summed E-state index contributed by atoms with van der Waals surface area (Å²) >= 11 is 0. The topological polar surface area (TPSA) is 44.4 Å². The highest BCUT2D eigenvalue weighted by atomic mass is 16.2. The smallest absolute Gasteiger partial charge is 0.321 e. The molecule has 2 heterocycles. The lowest BCUT2D eigenvalue weighted by Crippen LogP contribution is -2.49. The van der Waals surface area contributed by atoms with Gasteiger partial charge in [0.1, 0.15) is 0 Å².